The van der Waals surface area contributed by atoms with Gasteiger partial charge < -0.3 is 48.6 Å². The molecule has 48 heavy (non-hydrogen) atoms. The lowest BCUT2D eigenvalue weighted by molar-refractivity contribution is -0.765. The molecule has 2 aliphatic heterocycles. The first-order chi connectivity index (χ1) is 22.6. The molecule has 260 valence electrons. The minimum atomic E-state index is -1.82. The van der Waals surface area contributed by atoms with E-state index in [0.29, 0.717) is 25.0 Å². The number of carboxylic acids is 2. The lowest BCUT2D eigenvalue weighted by Crippen LogP contribution is -2.71. The van der Waals surface area contributed by atoms with Crippen LogP contribution >= 0.6 is 23.3 Å². The average Bonchev–Trinajstić information content (AvgIpc) is 3.57. The van der Waals surface area contributed by atoms with E-state index >= 15 is 0 Å². The van der Waals surface area contributed by atoms with Crippen molar-refractivity contribution in [1.82, 2.24) is 24.3 Å². The average molecular weight is 710 g/mol. The summed E-state index contributed by atoms with van der Waals surface area (Å²) in [4.78, 5) is 73.2. The number of thioether (sulfide) groups is 1. The molecular weight excluding hydrogens is 672 g/mol. The molecule has 22 heteroatoms. The van der Waals surface area contributed by atoms with Gasteiger partial charge in [-0.2, -0.15) is 9.36 Å². The van der Waals surface area contributed by atoms with Crippen LogP contribution in [0.15, 0.2) is 22.6 Å². The van der Waals surface area contributed by atoms with Gasteiger partial charge in [-0.3, -0.25) is 19.3 Å². The first kappa shape index (κ1) is 36.0. The first-order valence-corrected chi connectivity index (χ1v) is 16.3. The van der Waals surface area contributed by atoms with Crippen molar-refractivity contribution < 1.29 is 43.7 Å². The van der Waals surface area contributed by atoms with Crippen LogP contribution in [0.25, 0.3) is 0 Å². The van der Waals surface area contributed by atoms with Crippen LogP contribution in [-0.2, 0) is 42.4 Å². The number of β-lactam (4-membered cyclic amide) rings is 1. The zero-order valence-electron chi connectivity index (χ0n) is 26.2. The molecule has 4 rings (SSSR count). The molecule has 1 fully saturated rings. The summed E-state index contributed by atoms with van der Waals surface area (Å²) in [5, 5.41) is 27.6. The van der Waals surface area contributed by atoms with Crippen LogP contribution in [0, 0.1) is 0 Å². The maximum atomic E-state index is 13.3. The highest BCUT2D eigenvalue weighted by molar-refractivity contribution is 8.00. The van der Waals surface area contributed by atoms with E-state index in [-0.39, 0.29) is 40.5 Å². The summed E-state index contributed by atoms with van der Waals surface area (Å²) in [7, 11) is 1.62. The number of aliphatic carboxylic acids is 2. The number of oxime groups is 1. The van der Waals surface area contributed by atoms with Gasteiger partial charge in [-0.15, -0.1) is 21.1 Å². The molecule has 2 aliphatic rings. The minimum absolute atomic E-state index is 0.00487. The smallest absolute Gasteiger partial charge is 0.352 e. The van der Waals surface area contributed by atoms with E-state index < -0.39 is 58.4 Å². The van der Waals surface area contributed by atoms with Crippen LogP contribution < -0.4 is 38.3 Å². The number of nitrogens with zero attached hydrogens (tertiary/aromatic N) is 6. The van der Waals surface area contributed by atoms with Crippen molar-refractivity contribution >= 4 is 75.3 Å². The molecule has 1 saturated heterocycles. The summed E-state index contributed by atoms with van der Waals surface area (Å²) >= 11 is 1.97. The van der Waals surface area contributed by atoms with Crippen molar-refractivity contribution in [3.8, 4) is 0 Å². The number of hydrogen-bond acceptors (Lipinski definition) is 15. The quantitative estimate of drug-likeness (QED) is 0.0318. The van der Waals surface area contributed by atoms with Gasteiger partial charge in [0.15, 0.2) is 23.2 Å². The zero-order valence-corrected chi connectivity index (χ0v) is 27.8. The number of aromatic nitrogens is 4. The van der Waals surface area contributed by atoms with E-state index in [1.165, 1.54) is 36.5 Å². The highest BCUT2D eigenvalue weighted by atomic mass is 32.2. The molecule has 2 aromatic heterocycles. The van der Waals surface area contributed by atoms with Crippen LogP contribution in [0.2, 0.25) is 0 Å². The third-order valence-electron chi connectivity index (χ3n) is 7.49. The van der Waals surface area contributed by atoms with Crippen molar-refractivity contribution in [3.63, 3.8) is 0 Å². The molecule has 0 unspecified atom stereocenters. The molecule has 20 nitrogen and oxygen atoms in total. The maximum absolute atomic E-state index is 13.3. The number of nitrogens with one attached hydrogen (secondary N) is 2. The van der Waals surface area contributed by atoms with Crippen LogP contribution in [0.3, 0.4) is 0 Å². The molecule has 0 radical (unpaired) electrons. The Labute approximate surface area is 281 Å². The van der Waals surface area contributed by atoms with Crippen molar-refractivity contribution in [2.45, 2.75) is 62.7 Å². The number of amides is 3. The fourth-order valence-corrected chi connectivity index (χ4v) is 6.42. The second-order valence-corrected chi connectivity index (χ2v) is 13.2. The van der Waals surface area contributed by atoms with Gasteiger partial charge in [0.2, 0.25) is 29.2 Å². The molecule has 12 N–H and O–H groups in total. The fourth-order valence-electron chi connectivity index (χ4n) is 4.65. The Bertz CT molecular complexity index is 1690. The van der Waals surface area contributed by atoms with E-state index in [9.17, 15) is 34.2 Å². The van der Waals surface area contributed by atoms with E-state index in [2.05, 4.69) is 25.1 Å². The predicted octanol–water partition coefficient (Wildman–Crippen LogP) is -2.25. The van der Waals surface area contributed by atoms with Gasteiger partial charge in [0.1, 0.15) is 17.1 Å². The molecule has 3 atom stereocenters. The van der Waals surface area contributed by atoms with Gasteiger partial charge in [-0.1, -0.05) is 11.6 Å². The van der Waals surface area contributed by atoms with E-state index in [1.54, 1.807) is 11.7 Å². The van der Waals surface area contributed by atoms with Crippen molar-refractivity contribution in [2.75, 3.05) is 29.1 Å². The van der Waals surface area contributed by atoms with Gasteiger partial charge in [-0.05, 0) is 33.2 Å². The molecule has 0 spiro atoms. The van der Waals surface area contributed by atoms with Gasteiger partial charge in [0.25, 0.3) is 11.8 Å². The number of rotatable bonds is 15. The zero-order chi connectivity index (χ0) is 35.5. The second-order valence-electron chi connectivity index (χ2n) is 11.4. The number of unbranched alkanes of at least 4 members (excludes halogenated alkanes) is 1. The highest BCUT2D eigenvalue weighted by Crippen LogP contribution is 2.40. The number of nitrogens with two attached hydrogens (primary N) is 4. The normalized spacial score (nSPS) is 18.6. The number of hydrogen-bond donors (Lipinski definition) is 8. The molecule has 0 aliphatic carbocycles. The Balaban J connectivity index is 1.51. The molecule has 3 amide bonds. The summed E-state index contributed by atoms with van der Waals surface area (Å²) in [6, 6.07) is -1.94. The molecular formula is C26H37N12O8S2+. The molecule has 0 aromatic carbocycles. The van der Waals surface area contributed by atoms with Gasteiger partial charge in [0.05, 0.1) is 13.1 Å². The van der Waals surface area contributed by atoms with Crippen LogP contribution in [0.4, 0.5) is 16.6 Å². The Morgan fingerprint density at radius 3 is 2.56 bits per heavy atom. The van der Waals surface area contributed by atoms with Crippen molar-refractivity contribution in [3.05, 3.63) is 23.3 Å². The van der Waals surface area contributed by atoms with Gasteiger partial charge in [0, 0.05) is 22.9 Å². The second kappa shape index (κ2) is 14.5. The number of nitrogen functional groups attached to an aromatic ring is 2. The number of carbonyl (C=O) groups is 5. The summed E-state index contributed by atoms with van der Waals surface area (Å²) in [5.41, 5.74) is 21.4. The largest absolute Gasteiger partial charge is 0.478 e. The standard InChI is InChI=1S/C26H36N12O8S2/c1-26(2,24(44)45)46-34-14(18-33-25(30)48-35-18)20(40)32-15-21(41)38-16(23(42)43)11(10-47-22(15)38)8-37-9-13(17(29)36(37)3)31-19(39)12(28)6-4-5-7-27/h9,12,15,22,29H,4-8,10,27-28H2,1-3H3,(H6,30,31,32,33,35,39,40,42,43,44,45)/p+1/b34-14-/t12-,15+,22+/m0/s1. The lowest BCUT2D eigenvalue weighted by atomic mass is 10.0. The summed E-state index contributed by atoms with van der Waals surface area (Å²) in [6.07, 6.45) is 3.40. The Hall–Kier alpha value is -4.80. The SMILES string of the molecule is Cn1c(N)c(NC(=O)[C@@H](N)CCCCN)c[n+]1CC1=C(C(=O)O)N2C(=O)[C@@H](NC(=O)/C(=N\OC(C)(C)C(=O)O)c3nsc(N)n3)[C@H]2SC1. The molecule has 0 saturated carbocycles. The summed E-state index contributed by atoms with van der Waals surface area (Å²) in [5.74, 6) is -4.73. The summed E-state index contributed by atoms with van der Waals surface area (Å²) in [6.45, 7) is 2.92. The van der Waals surface area contributed by atoms with Crippen molar-refractivity contribution in [2.24, 2.45) is 23.7 Å². The monoisotopic (exact) mass is 709 g/mol. The molecule has 2 aromatic rings. The number of fused-ring (bicyclic) bond motifs is 1. The van der Waals surface area contributed by atoms with E-state index in [0.717, 1.165) is 22.9 Å². The van der Waals surface area contributed by atoms with Crippen LogP contribution in [-0.4, -0.2) is 99.9 Å². The Morgan fingerprint density at radius 1 is 1.25 bits per heavy atom. The first-order valence-electron chi connectivity index (χ1n) is 14.5. The van der Waals surface area contributed by atoms with Crippen LogP contribution in [0.1, 0.15) is 38.9 Å². The van der Waals surface area contributed by atoms with Gasteiger partial charge >= 0.3 is 11.9 Å². The fraction of sp³-hybridized carbons (Fsp3) is 0.500. The number of carbonyl (C=O) groups excluding carboxylic acids is 3. The molecule has 4 heterocycles. The highest BCUT2D eigenvalue weighted by Gasteiger charge is 2.55. The number of anilines is 3. The van der Waals surface area contributed by atoms with Crippen molar-refractivity contribution in [1.29, 1.82) is 0 Å². The maximum Gasteiger partial charge on any atom is 0.352 e. The van der Waals surface area contributed by atoms with E-state index in [4.69, 9.17) is 27.8 Å². The minimum Gasteiger partial charge on any atom is -0.478 e. The lowest BCUT2D eigenvalue weighted by Gasteiger charge is -2.49. The molecule has 0 bridgehead atoms. The third kappa shape index (κ3) is 7.50. The van der Waals surface area contributed by atoms with Crippen LogP contribution in [0.5, 0.6) is 0 Å². The van der Waals surface area contributed by atoms with Gasteiger partial charge in [-0.25, -0.2) is 9.59 Å². The third-order valence-corrected chi connectivity index (χ3v) is 9.37. The topological polar surface area (TPSA) is 313 Å². The Morgan fingerprint density at radius 2 is 1.96 bits per heavy atom. The Kier molecular flexibility index (Phi) is 10.9. The predicted molar refractivity (Wildman–Crippen MR) is 173 cm³/mol. The van der Waals surface area contributed by atoms with E-state index in [1.807, 2.05) is 0 Å². The summed E-state index contributed by atoms with van der Waals surface area (Å²) < 4.78 is 7.03. The number of carboxylic acid groups (broad SMARTS) is 2.